The lowest BCUT2D eigenvalue weighted by Gasteiger charge is -1.97. The van der Waals surface area contributed by atoms with Gasteiger partial charge < -0.3 is 0 Å². The highest BCUT2D eigenvalue weighted by atomic mass is 16.1. The standard InChI is InChI=1S/C12H11O2/c1-2-6-11(13)9-12(14)10-7-4-3-5-8-10/h2-5,7-9H,1,6H2. The predicted octanol–water partition coefficient (Wildman–Crippen LogP) is 2.22. The van der Waals surface area contributed by atoms with Crippen LogP contribution in [0.1, 0.15) is 16.8 Å². The number of Topliss-reactive ketones (excluding diaryl/α,β-unsaturated/α-hetero) is 2. The van der Waals surface area contributed by atoms with Gasteiger partial charge in [0, 0.05) is 12.0 Å². The number of carbonyl (C=O) groups is 2. The van der Waals surface area contributed by atoms with Gasteiger partial charge in [-0.3, -0.25) is 9.59 Å². The average molecular weight is 187 g/mol. The lowest BCUT2D eigenvalue weighted by atomic mass is 10.1. The van der Waals surface area contributed by atoms with Gasteiger partial charge in [-0.2, -0.15) is 0 Å². The maximum absolute atomic E-state index is 11.4. The average Bonchev–Trinajstić information content (AvgIpc) is 2.19. The van der Waals surface area contributed by atoms with Gasteiger partial charge >= 0.3 is 0 Å². The molecule has 0 saturated carbocycles. The minimum absolute atomic E-state index is 0.207. The number of hydrogen-bond donors (Lipinski definition) is 0. The van der Waals surface area contributed by atoms with E-state index in [-0.39, 0.29) is 18.0 Å². The van der Waals surface area contributed by atoms with E-state index in [0.29, 0.717) is 5.56 Å². The van der Waals surface area contributed by atoms with Crippen LogP contribution in [0.25, 0.3) is 0 Å². The third kappa shape index (κ3) is 2.98. The largest absolute Gasteiger partial charge is 0.298 e. The van der Waals surface area contributed by atoms with E-state index in [4.69, 9.17) is 0 Å². The van der Waals surface area contributed by atoms with Gasteiger partial charge in [-0.15, -0.1) is 6.58 Å². The molecule has 71 valence electrons. The van der Waals surface area contributed by atoms with Gasteiger partial charge in [0.15, 0.2) is 5.78 Å². The maximum atomic E-state index is 11.4. The summed E-state index contributed by atoms with van der Waals surface area (Å²) < 4.78 is 0. The van der Waals surface area contributed by atoms with Crippen molar-refractivity contribution in [1.82, 2.24) is 0 Å². The first-order valence-corrected chi connectivity index (χ1v) is 4.32. The molecule has 1 rings (SSSR count). The molecule has 0 bridgehead atoms. The molecule has 0 saturated heterocycles. The summed E-state index contributed by atoms with van der Waals surface area (Å²) in [5, 5.41) is 0. The molecule has 0 atom stereocenters. The fourth-order valence-electron chi connectivity index (χ4n) is 1.03. The molecular weight excluding hydrogens is 176 g/mol. The fraction of sp³-hybridized carbons (Fsp3) is 0.0833. The SMILES string of the molecule is C=CCC(=O)[CH]C(=O)c1ccccc1. The molecule has 0 fully saturated rings. The minimum Gasteiger partial charge on any atom is -0.298 e. The van der Waals surface area contributed by atoms with Crippen molar-refractivity contribution in [1.29, 1.82) is 0 Å². The summed E-state index contributed by atoms with van der Waals surface area (Å²) in [7, 11) is 0. The van der Waals surface area contributed by atoms with Gasteiger partial charge in [-0.25, -0.2) is 0 Å². The van der Waals surface area contributed by atoms with Crippen LogP contribution in [0.2, 0.25) is 0 Å². The summed E-state index contributed by atoms with van der Waals surface area (Å²) >= 11 is 0. The summed E-state index contributed by atoms with van der Waals surface area (Å²) in [5.74, 6) is -0.466. The zero-order valence-corrected chi connectivity index (χ0v) is 7.77. The van der Waals surface area contributed by atoms with E-state index in [2.05, 4.69) is 6.58 Å². The van der Waals surface area contributed by atoms with Crippen molar-refractivity contribution in [3.63, 3.8) is 0 Å². The lowest BCUT2D eigenvalue weighted by molar-refractivity contribution is -0.114. The molecule has 0 amide bonds. The van der Waals surface area contributed by atoms with E-state index < -0.39 is 0 Å². The van der Waals surface area contributed by atoms with E-state index in [1.165, 1.54) is 6.08 Å². The second-order valence-electron chi connectivity index (χ2n) is 2.83. The van der Waals surface area contributed by atoms with E-state index in [9.17, 15) is 9.59 Å². The van der Waals surface area contributed by atoms with Crippen LogP contribution in [-0.4, -0.2) is 11.6 Å². The molecule has 1 aromatic rings. The summed E-state index contributed by atoms with van der Waals surface area (Å²) in [6, 6.07) is 8.71. The Morgan fingerprint density at radius 1 is 1.21 bits per heavy atom. The highest BCUT2D eigenvalue weighted by Crippen LogP contribution is 2.03. The van der Waals surface area contributed by atoms with Crippen LogP contribution >= 0.6 is 0 Å². The molecule has 0 unspecified atom stereocenters. The predicted molar refractivity (Wildman–Crippen MR) is 54.9 cm³/mol. The number of benzene rings is 1. The normalized spacial score (nSPS) is 9.43. The number of ketones is 2. The third-order valence-electron chi connectivity index (χ3n) is 1.70. The van der Waals surface area contributed by atoms with Crippen molar-refractivity contribution in [3.05, 3.63) is 55.0 Å². The lowest BCUT2D eigenvalue weighted by Crippen LogP contribution is -2.08. The van der Waals surface area contributed by atoms with Crippen molar-refractivity contribution in [3.8, 4) is 0 Å². The number of hydrogen-bond acceptors (Lipinski definition) is 2. The van der Waals surface area contributed by atoms with Gasteiger partial charge in [-0.1, -0.05) is 36.4 Å². The van der Waals surface area contributed by atoms with Crippen LogP contribution in [0.4, 0.5) is 0 Å². The van der Waals surface area contributed by atoms with Crippen LogP contribution in [0.15, 0.2) is 43.0 Å². The Morgan fingerprint density at radius 2 is 1.86 bits per heavy atom. The van der Waals surface area contributed by atoms with Gasteiger partial charge in [0.2, 0.25) is 0 Å². The monoisotopic (exact) mass is 187 g/mol. The molecule has 0 heterocycles. The van der Waals surface area contributed by atoms with E-state index in [0.717, 1.165) is 6.42 Å². The van der Waals surface area contributed by atoms with Gasteiger partial charge in [-0.05, 0) is 0 Å². The summed E-state index contributed by atoms with van der Waals surface area (Å²) in [6.45, 7) is 3.43. The maximum Gasteiger partial charge on any atom is 0.174 e. The molecule has 0 aliphatic carbocycles. The molecule has 0 spiro atoms. The Labute approximate surface area is 83.3 Å². The first kappa shape index (κ1) is 10.4. The first-order chi connectivity index (χ1) is 6.74. The molecule has 1 aromatic carbocycles. The Kier molecular flexibility index (Phi) is 3.80. The Hall–Kier alpha value is -1.70. The highest BCUT2D eigenvalue weighted by Gasteiger charge is 2.10. The van der Waals surface area contributed by atoms with Crippen molar-refractivity contribution in [2.75, 3.05) is 0 Å². The Bertz CT molecular complexity index is 339. The van der Waals surface area contributed by atoms with Crippen LogP contribution in [0, 0.1) is 6.42 Å². The molecule has 2 nitrogen and oxygen atoms in total. The zero-order valence-electron chi connectivity index (χ0n) is 7.77. The number of allylic oxidation sites excluding steroid dienone is 1. The molecule has 2 heteroatoms. The Morgan fingerprint density at radius 3 is 2.43 bits per heavy atom. The summed E-state index contributed by atoms with van der Waals surface area (Å²) in [5.41, 5.74) is 0.532. The smallest absolute Gasteiger partial charge is 0.174 e. The molecule has 0 aliphatic heterocycles. The second-order valence-corrected chi connectivity index (χ2v) is 2.83. The number of carbonyl (C=O) groups excluding carboxylic acids is 2. The zero-order chi connectivity index (χ0) is 10.4. The van der Waals surface area contributed by atoms with Crippen LogP contribution < -0.4 is 0 Å². The van der Waals surface area contributed by atoms with E-state index >= 15 is 0 Å². The van der Waals surface area contributed by atoms with Crippen LogP contribution in [0.5, 0.6) is 0 Å². The first-order valence-electron chi connectivity index (χ1n) is 4.32. The van der Waals surface area contributed by atoms with E-state index in [1.807, 2.05) is 6.07 Å². The summed E-state index contributed by atoms with van der Waals surface area (Å²) in [4.78, 5) is 22.5. The minimum atomic E-state index is -0.252. The molecular formula is C12H11O2. The van der Waals surface area contributed by atoms with Crippen molar-refractivity contribution in [2.45, 2.75) is 6.42 Å². The third-order valence-corrected chi connectivity index (χ3v) is 1.70. The molecule has 14 heavy (non-hydrogen) atoms. The fourth-order valence-corrected chi connectivity index (χ4v) is 1.03. The van der Waals surface area contributed by atoms with Crippen molar-refractivity contribution in [2.24, 2.45) is 0 Å². The molecule has 0 aromatic heterocycles. The van der Waals surface area contributed by atoms with Crippen LogP contribution in [-0.2, 0) is 4.79 Å². The molecule has 1 radical (unpaired) electrons. The van der Waals surface area contributed by atoms with Gasteiger partial charge in [0.05, 0.1) is 6.42 Å². The Balaban J connectivity index is 2.59. The quantitative estimate of drug-likeness (QED) is 0.402. The molecule has 0 aliphatic rings. The van der Waals surface area contributed by atoms with Crippen LogP contribution in [0.3, 0.4) is 0 Å². The van der Waals surface area contributed by atoms with Gasteiger partial charge in [0.25, 0.3) is 0 Å². The topological polar surface area (TPSA) is 34.1 Å². The van der Waals surface area contributed by atoms with Crippen molar-refractivity contribution < 1.29 is 9.59 Å². The highest BCUT2D eigenvalue weighted by molar-refractivity contribution is 6.17. The molecule has 0 N–H and O–H groups in total. The van der Waals surface area contributed by atoms with Crippen molar-refractivity contribution >= 4 is 11.6 Å². The number of rotatable bonds is 5. The summed E-state index contributed by atoms with van der Waals surface area (Å²) in [6.07, 6.45) is 2.80. The van der Waals surface area contributed by atoms with E-state index in [1.54, 1.807) is 24.3 Å². The van der Waals surface area contributed by atoms with Gasteiger partial charge in [0.1, 0.15) is 5.78 Å². The second kappa shape index (κ2) is 5.12.